The van der Waals surface area contributed by atoms with Crippen LogP contribution in [0.25, 0.3) is 0 Å². The monoisotopic (exact) mass is 176 g/mol. The Kier molecular flexibility index (Phi) is 3.08. The molecule has 0 atom stereocenters. The number of rotatable bonds is 1. The van der Waals surface area contributed by atoms with Gasteiger partial charge in [0.1, 0.15) is 5.82 Å². The van der Waals surface area contributed by atoms with Crippen molar-refractivity contribution in [1.29, 1.82) is 0 Å². The zero-order valence-electron chi connectivity index (χ0n) is 8.19. The van der Waals surface area contributed by atoms with E-state index in [9.17, 15) is 4.39 Å². The van der Waals surface area contributed by atoms with Crippen LogP contribution in [0.4, 0.5) is 4.39 Å². The summed E-state index contributed by atoms with van der Waals surface area (Å²) in [6.45, 7) is 5.70. The molecule has 0 nitrogen and oxygen atoms in total. The van der Waals surface area contributed by atoms with Crippen LogP contribution >= 0.6 is 0 Å². The summed E-state index contributed by atoms with van der Waals surface area (Å²) in [6, 6.07) is 5.15. The fraction of sp³-hybridized carbons (Fsp3) is 0.333. The predicted molar refractivity (Wildman–Crippen MR) is 53.0 cm³/mol. The molecule has 0 saturated carbocycles. The third kappa shape index (κ3) is 2.32. The molecule has 13 heavy (non-hydrogen) atoms. The Balaban J connectivity index is 3.10. The first-order valence-corrected chi connectivity index (χ1v) is 4.37. The second-order valence-corrected chi connectivity index (χ2v) is 3.27. The molecule has 0 N–H and O–H groups in total. The van der Waals surface area contributed by atoms with E-state index in [0.717, 1.165) is 11.1 Å². The minimum atomic E-state index is -0.157. The van der Waals surface area contributed by atoms with Gasteiger partial charge < -0.3 is 0 Å². The summed E-state index contributed by atoms with van der Waals surface area (Å²) in [5.74, 6) is 5.64. The Morgan fingerprint density at radius 2 is 2.00 bits per heavy atom. The number of benzene rings is 1. The Morgan fingerprint density at radius 3 is 2.46 bits per heavy atom. The lowest BCUT2D eigenvalue weighted by Gasteiger charge is -2.06. The van der Waals surface area contributed by atoms with Crippen molar-refractivity contribution in [2.75, 3.05) is 0 Å². The Labute approximate surface area is 78.8 Å². The van der Waals surface area contributed by atoms with Crippen LogP contribution in [0.5, 0.6) is 0 Å². The zero-order valence-corrected chi connectivity index (χ0v) is 8.19. The highest BCUT2D eigenvalue weighted by atomic mass is 19.1. The summed E-state index contributed by atoms with van der Waals surface area (Å²) in [4.78, 5) is 0. The van der Waals surface area contributed by atoms with E-state index in [2.05, 4.69) is 11.8 Å². The van der Waals surface area contributed by atoms with Gasteiger partial charge in [-0.25, -0.2) is 4.39 Å². The number of hydrogen-bond donors (Lipinski definition) is 0. The lowest BCUT2D eigenvalue weighted by molar-refractivity contribution is 0.598. The molecule has 0 radical (unpaired) electrons. The van der Waals surface area contributed by atoms with Crippen LogP contribution in [0.3, 0.4) is 0 Å². The first kappa shape index (κ1) is 9.80. The molecule has 0 aliphatic carbocycles. The second-order valence-electron chi connectivity index (χ2n) is 3.27. The van der Waals surface area contributed by atoms with E-state index in [1.807, 2.05) is 19.9 Å². The number of hydrogen-bond acceptors (Lipinski definition) is 0. The molecule has 1 aromatic rings. The van der Waals surface area contributed by atoms with Gasteiger partial charge in [0.15, 0.2) is 0 Å². The molecule has 0 spiro atoms. The molecule has 0 unspecified atom stereocenters. The minimum absolute atomic E-state index is 0.157. The molecular formula is C12H13F. The molecule has 1 heteroatoms. The van der Waals surface area contributed by atoms with E-state index in [4.69, 9.17) is 0 Å². The molecule has 0 aliphatic rings. The van der Waals surface area contributed by atoms with E-state index in [1.165, 1.54) is 6.07 Å². The third-order valence-electron chi connectivity index (χ3n) is 1.89. The summed E-state index contributed by atoms with van der Waals surface area (Å²) < 4.78 is 13.4. The van der Waals surface area contributed by atoms with Gasteiger partial charge in [-0.2, -0.15) is 0 Å². The average Bonchev–Trinajstić information content (AvgIpc) is 2.04. The van der Waals surface area contributed by atoms with Crippen LogP contribution in [0, 0.1) is 17.7 Å². The summed E-state index contributed by atoms with van der Waals surface area (Å²) in [6.07, 6.45) is 0. The summed E-state index contributed by atoms with van der Waals surface area (Å²) >= 11 is 0. The van der Waals surface area contributed by atoms with E-state index >= 15 is 0 Å². The first-order valence-electron chi connectivity index (χ1n) is 4.37. The van der Waals surface area contributed by atoms with E-state index < -0.39 is 0 Å². The van der Waals surface area contributed by atoms with Gasteiger partial charge in [-0.1, -0.05) is 25.8 Å². The van der Waals surface area contributed by atoms with Gasteiger partial charge >= 0.3 is 0 Å². The summed E-state index contributed by atoms with van der Waals surface area (Å²) in [7, 11) is 0. The molecule has 0 bridgehead atoms. The Bertz CT molecular complexity index is 353. The smallest absolute Gasteiger partial charge is 0.127 e. The maximum atomic E-state index is 13.4. The topological polar surface area (TPSA) is 0 Å². The molecule has 0 saturated heterocycles. The maximum Gasteiger partial charge on any atom is 0.127 e. The van der Waals surface area contributed by atoms with Gasteiger partial charge in [-0.05, 0) is 30.5 Å². The van der Waals surface area contributed by atoms with Gasteiger partial charge in [0.05, 0.1) is 0 Å². The standard InChI is InChI=1S/C12H13F/c1-4-5-10-6-7-11(9(2)3)12(13)8-10/h6-9H,1-3H3. The van der Waals surface area contributed by atoms with Crippen molar-refractivity contribution in [2.45, 2.75) is 26.7 Å². The van der Waals surface area contributed by atoms with Crippen molar-refractivity contribution < 1.29 is 4.39 Å². The molecular weight excluding hydrogens is 163 g/mol. The second kappa shape index (κ2) is 4.09. The molecule has 1 aromatic carbocycles. The van der Waals surface area contributed by atoms with Crippen molar-refractivity contribution >= 4 is 0 Å². The highest BCUT2D eigenvalue weighted by Crippen LogP contribution is 2.18. The Hall–Kier alpha value is -1.29. The summed E-state index contributed by atoms with van der Waals surface area (Å²) in [5, 5.41) is 0. The average molecular weight is 176 g/mol. The zero-order chi connectivity index (χ0) is 9.84. The molecule has 68 valence electrons. The van der Waals surface area contributed by atoms with Crippen LogP contribution in [0.1, 0.15) is 37.8 Å². The fourth-order valence-electron chi connectivity index (χ4n) is 1.22. The lowest BCUT2D eigenvalue weighted by Crippen LogP contribution is -1.93. The largest absolute Gasteiger partial charge is 0.207 e. The van der Waals surface area contributed by atoms with E-state index in [0.29, 0.717) is 0 Å². The fourth-order valence-corrected chi connectivity index (χ4v) is 1.22. The van der Waals surface area contributed by atoms with Crippen molar-refractivity contribution in [1.82, 2.24) is 0 Å². The normalized spacial score (nSPS) is 9.62. The minimum Gasteiger partial charge on any atom is -0.207 e. The van der Waals surface area contributed by atoms with Crippen molar-refractivity contribution in [2.24, 2.45) is 0 Å². The van der Waals surface area contributed by atoms with Gasteiger partial charge in [0, 0.05) is 5.56 Å². The highest BCUT2D eigenvalue weighted by molar-refractivity contribution is 5.37. The van der Waals surface area contributed by atoms with E-state index in [-0.39, 0.29) is 11.7 Å². The lowest BCUT2D eigenvalue weighted by atomic mass is 10.0. The predicted octanol–water partition coefficient (Wildman–Crippen LogP) is 3.32. The van der Waals surface area contributed by atoms with Crippen LogP contribution in [0.2, 0.25) is 0 Å². The van der Waals surface area contributed by atoms with Crippen LogP contribution in [-0.4, -0.2) is 0 Å². The maximum absolute atomic E-state index is 13.4. The molecule has 0 fully saturated rings. The quantitative estimate of drug-likeness (QED) is 0.576. The Morgan fingerprint density at radius 1 is 1.31 bits per heavy atom. The van der Waals surface area contributed by atoms with Crippen LogP contribution in [0.15, 0.2) is 18.2 Å². The molecule has 0 aliphatic heterocycles. The highest BCUT2D eigenvalue weighted by Gasteiger charge is 2.05. The van der Waals surface area contributed by atoms with Gasteiger partial charge in [0.25, 0.3) is 0 Å². The molecule has 0 aromatic heterocycles. The van der Waals surface area contributed by atoms with Crippen molar-refractivity contribution in [3.05, 3.63) is 35.1 Å². The van der Waals surface area contributed by atoms with Gasteiger partial charge in [-0.15, -0.1) is 5.92 Å². The van der Waals surface area contributed by atoms with E-state index in [1.54, 1.807) is 13.0 Å². The SMILES string of the molecule is CC#Cc1ccc(C(C)C)c(F)c1. The molecule has 0 amide bonds. The van der Waals surface area contributed by atoms with Crippen molar-refractivity contribution in [3.8, 4) is 11.8 Å². The van der Waals surface area contributed by atoms with Gasteiger partial charge in [-0.3, -0.25) is 0 Å². The number of halogens is 1. The molecule has 1 rings (SSSR count). The van der Waals surface area contributed by atoms with Crippen LogP contribution in [-0.2, 0) is 0 Å². The van der Waals surface area contributed by atoms with Crippen molar-refractivity contribution in [3.63, 3.8) is 0 Å². The molecule has 0 heterocycles. The first-order chi connectivity index (χ1) is 6.15. The summed E-state index contributed by atoms with van der Waals surface area (Å²) in [5.41, 5.74) is 1.49. The van der Waals surface area contributed by atoms with Gasteiger partial charge in [0.2, 0.25) is 0 Å². The third-order valence-corrected chi connectivity index (χ3v) is 1.89. The van der Waals surface area contributed by atoms with Crippen LogP contribution < -0.4 is 0 Å².